The van der Waals surface area contributed by atoms with Crippen molar-refractivity contribution in [3.63, 3.8) is 0 Å². The Bertz CT molecular complexity index is 583. The lowest BCUT2D eigenvalue weighted by molar-refractivity contribution is -0.111. The summed E-state index contributed by atoms with van der Waals surface area (Å²) in [6.07, 6.45) is 2.45. The van der Waals surface area contributed by atoms with Gasteiger partial charge in [0.2, 0.25) is 10.0 Å². The first-order valence-corrected chi connectivity index (χ1v) is 7.82. The molecule has 103 valence electrons. The molecule has 1 aromatic rings. The van der Waals surface area contributed by atoms with Crippen molar-refractivity contribution in [1.82, 2.24) is 4.31 Å². The molecule has 0 saturated carbocycles. The van der Waals surface area contributed by atoms with Crippen molar-refractivity contribution in [2.75, 3.05) is 6.54 Å². The van der Waals surface area contributed by atoms with Gasteiger partial charge in [-0.15, -0.1) is 0 Å². The normalized spacial score (nSPS) is 24.6. The highest BCUT2D eigenvalue weighted by molar-refractivity contribution is 7.89. The third kappa shape index (κ3) is 2.79. The highest BCUT2D eigenvalue weighted by Gasteiger charge is 2.39. The number of benzene rings is 1. The average molecular weight is 321 g/mol. The van der Waals surface area contributed by atoms with Crippen LogP contribution in [0.2, 0.25) is 10.0 Å². The number of aldehydes is 1. The van der Waals surface area contributed by atoms with Gasteiger partial charge in [-0.3, -0.25) is 0 Å². The van der Waals surface area contributed by atoms with E-state index in [1.807, 2.05) is 0 Å². The number of halogens is 2. The van der Waals surface area contributed by atoms with E-state index in [4.69, 9.17) is 23.2 Å². The van der Waals surface area contributed by atoms with Crippen LogP contribution in [0.5, 0.6) is 0 Å². The minimum atomic E-state index is -3.78. The van der Waals surface area contributed by atoms with E-state index < -0.39 is 16.1 Å². The van der Waals surface area contributed by atoms with Crippen LogP contribution in [0.25, 0.3) is 0 Å². The number of rotatable bonds is 3. The molecule has 1 saturated heterocycles. The van der Waals surface area contributed by atoms with Gasteiger partial charge >= 0.3 is 0 Å². The lowest BCUT2D eigenvalue weighted by Gasteiger charge is -2.21. The highest BCUT2D eigenvalue weighted by Crippen LogP contribution is 2.30. The third-order valence-corrected chi connectivity index (χ3v) is 5.39. The Hall–Kier alpha value is -0.620. The van der Waals surface area contributed by atoms with Gasteiger partial charge in [-0.25, -0.2) is 8.42 Å². The number of carbonyl (C=O) groups is 1. The van der Waals surface area contributed by atoms with Crippen molar-refractivity contribution in [2.45, 2.75) is 17.9 Å². The van der Waals surface area contributed by atoms with E-state index in [-0.39, 0.29) is 27.4 Å². The van der Waals surface area contributed by atoms with Crippen molar-refractivity contribution in [3.05, 3.63) is 34.7 Å². The Morgan fingerprint density at radius 2 is 1.84 bits per heavy atom. The summed E-state index contributed by atoms with van der Waals surface area (Å²) in [5, 5.41) is 0.481. The smallest absolute Gasteiger partial charge is 0.243 e. The van der Waals surface area contributed by atoms with Gasteiger partial charge < -0.3 is 4.79 Å². The SMILES string of the molecule is C[C@@H]1[CH]CN(S(=O)(=O)c2cc(Cl)cc(Cl)c2)C1C=O. The van der Waals surface area contributed by atoms with Crippen molar-refractivity contribution < 1.29 is 13.2 Å². The van der Waals surface area contributed by atoms with Gasteiger partial charge in [-0.2, -0.15) is 4.31 Å². The minimum Gasteiger partial charge on any atom is -0.302 e. The molecule has 1 fully saturated rings. The molecule has 2 rings (SSSR count). The van der Waals surface area contributed by atoms with Crippen LogP contribution in [0.1, 0.15) is 6.92 Å². The molecule has 0 N–H and O–H groups in total. The van der Waals surface area contributed by atoms with E-state index in [9.17, 15) is 13.2 Å². The molecule has 0 bridgehead atoms. The zero-order valence-corrected chi connectivity index (χ0v) is 12.4. The molecule has 1 unspecified atom stereocenters. The van der Waals surface area contributed by atoms with Gasteiger partial charge in [-0.1, -0.05) is 30.1 Å². The minimum absolute atomic E-state index is 0.000602. The summed E-state index contributed by atoms with van der Waals surface area (Å²) in [5.41, 5.74) is 0. The standard InChI is InChI=1S/C12H12Cl2NO3S/c1-8-2-3-15(12(8)7-16)19(17,18)11-5-9(13)4-10(14)6-11/h2,4-8,12H,3H2,1H3/t8-,12?/m1/s1. The summed E-state index contributed by atoms with van der Waals surface area (Å²) in [7, 11) is -3.78. The number of sulfonamides is 1. The molecule has 0 aliphatic carbocycles. The second-order valence-corrected chi connectivity index (χ2v) is 7.16. The summed E-state index contributed by atoms with van der Waals surface area (Å²) in [6, 6.07) is 3.43. The van der Waals surface area contributed by atoms with Gasteiger partial charge in [0.05, 0.1) is 10.9 Å². The summed E-state index contributed by atoms with van der Waals surface area (Å²) in [6.45, 7) is 2.01. The number of hydrogen-bond donors (Lipinski definition) is 0. The molecule has 1 aliphatic rings. The second kappa shape index (κ2) is 5.40. The largest absolute Gasteiger partial charge is 0.302 e. The third-order valence-electron chi connectivity index (χ3n) is 3.11. The highest BCUT2D eigenvalue weighted by atomic mass is 35.5. The van der Waals surface area contributed by atoms with Crippen molar-refractivity contribution in [2.24, 2.45) is 5.92 Å². The Morgan fingerprint density at radius 1 is 1.26 bits per heavy atom. The average Bonchev–Trinajstić information content (AvgIpc) is 2.69. The van der Waals surface area contributed by atoms with Gasteiger partial charge in [0, 0.05) is 16.6 Å². The van der Waals surface area contributed by atoms with Crippen LogP contribution in [0, 0.1) is 12.3 Å². The quantitative estimate of drug-likeness (QED) is 0.804. The summed E-state index contributed by atoms with van der Waals surface area (Å²) >= 11 is 11.6. The van der Waals surface area contributed by atoms with E-state index in [2.05, 4.69) is 0 Å². The van der Waals surface area contributed by atoms with Gasteiger partial charge in [0.15, 0.2) is 0 Å². The van der Waals surface area contributed by atoms with Gasteiger partial charge in [-0.05, 0) is 30.5 Å². The fourth-order valence-corrected chi connectivity index (χ4v) is 4.38. The van der Waals surface area contributed by atoms with E-state index in [0.29, 0.717) is 6.29 Å². The monoisotopic (exact) mass is 320 g/mol. The first-order valence-electron chi connectivity index (χ1n) is 5.63. The molecule has 1 aliphatic heterocycles. The maximum atomic E-state index is 12.5. The first kappa shape index (κ1) is 14.8. The topological polar surface area (TPSA) is 54.5 Å². The van der Waals surface area contributed by atoms with Crippen LogP contribution < -0.4 is 0 Å². The van der Waals surface area contributed by atoms with Crippen molar-refractivity contribution in [1.29, 1.82) is 0 Å². The molecule has 0 amide bonds. The predicted molar refractivity (Wildman–Crippen MR) is 73.7 cm³/mol. The molecule has 7 heteroatoms. The zero-order chi connectivity index (χ0) is 14.2. The lowest BCUT2D eigenvalue weighted by Crippen LogP contribution is -2.38. The number of carbonyl (C=O) groups excluding carboxylic acids is 1. The van der Waals surface area contributed by atoms with Gasteiger partial charge in [0.25, 0.3) is 0 Å². The van der Waals surface area contributed by atoms with Gasteiger partial charge in [0.1, 0.15) is 6.29 Å². The molecule has 1 radical (unpaired) electrons. The second-order valence-electron chi connectivity index (χ2n) is 4.40. The molecule has 1 heterocycles. The Labute approximate surface area is 122 Å². The van der Waals surface area contributed by atoms with Crippen molar-refractivity contribution >= 4 is 39.5 Å². The maximum absolute atomic E-state index is 12.5. The van der Waals surface area contributed by atoms with Crippen LogP contribution in [0.15, 0.2) is 23.1 Å². The molecule has 4 nitrogen and oxygen atoms in total. The molecule has 19 heavy (non-hydrogen) atoms. The summed E-state index contributed by atoms with van der Waals surface area (Å²) < 4.78 is 26.1. The summed E-state index contributed by atoms with van der Waals surface area (Å²) in [4.78, 5) is 11.1. The predicted octanol–water partition coefficient (Wildman–Crippen LogP) is 2.41. The van der Waals surface area contributed by atoms with E-state index >= 15 is 0 Å². The van der Waals surface area contributed by atoms with Crippen LogP contribution in [-0.4, -0.2) is 31.6 Å². The molecule has 1 aromatic carbocycles. The van der Waals surface area contributed by atoms with Crippen LogP contribution in [0.4, 0.5) is 0 Å². The molecular formula is C12H12Cl2NO3S. The Balaban J connectivity index is 2.45. The molecule has 0 aromatic heterocycles. The zero-order valence-electron chi connectivity index (χ0n) is 10.1. The summed E-state index contributed by atoms with van der Waals surface area (Å²) in [5.74, 6) is -0.109. The Kier molecular flexibility index (Phi) is 4.20. The fraction of sp³-hybridized carbons (Fsp3) is 0.333. The van der Waals surface area contributed by atoms with Crippen LogP contribution in [0.3, 0.4) is 0 Å². The van der Waals surface area contributed by atoms with E-state index in [1.54, 1.807) is 13.3 Å². The lowest BCUT2D eigenvalue weighted by atomic mass is 10.1. The molecule has 2 atom stereocenters. The molecular weight excluding hydrogens is 309 g/mol. The first-order chi connectivity index (χ1) is 8.86. The Morgan fingerprint density at radius 3 is 2.37 bits per heavy atom. The van der Waals surface area contributed by atoms with Crippen LogP contribution in [-0.2, 0) is 14.8 Å². The van der Waals surface area contributed by atoms with Crippen molar-refractivity contribution in [3.8, 4) is 0 Å². The number of nitrogens with zero attached hydrogens (tertiary/aromatic N) is 1. The molecule has 0 spiro atoms. The number of hydrogen-bond acceptors (Lipinski definition) is 3. The van der Waals surface area contributed by atoms with E-state index in [0.717, 1.165) is 4.31 Å². The maximum Gasteiger partial charge on any atom is 0.243 e. The fourth-order valence-electron chi connectivity index (χ4n) is 2.06. The van der Waals surface area contributed by atoms with Crippen LogP contribution >= 0.6 is 23.2 Å². The van der Waals surface area contributed by atoms with E-state index in [1.165, 1.54) is 18.2 Å².